The summed E-state index contributed by atoms with van der Waals surface area (Å²) in [7, 11) is 0. The minimum atomic E-state index is -0.188. The van der Waals surface area contributed by atoms with Crippen LogP contribution < -0.4 is 10.1 Å². The highest BCUT2D eigenvalue weighted by Crippen LogP contribution is 2.21. The van der Waals surface area contributed by atoms with E-state index in [-0.39, 0.29) is 18.6 Å². The van der Waals surface area contributed by atoms with Crippen LogP contribution in [0.1, 0.15) is 24.1 Å². The van der Waals surface area contributed by atoms with Gasteiger partial charge in [-0.25, -0.2) is 9.67 Å². The molecule has 1 heterocycles. The summed E-state index contributed by atoms with van der Waals surface area (Å²) in [4.78, 5) is 16.1. The van der Waals surface area contributed by atoms with E-state index in [4.69, 9.17) is 16.3 Å². The maximum Gasteiger partial charge on any atom is 0.258 e. The van der Waals surface area contributed by atoms with Gasteiger partial charge in [0.05, 0.1) is 11.7 Å². The van der Waals surface area contributed by atoms with Gasteiger partial charge in [-0.2, -0.15) is 5.10 Å². The zero-order chi connectivity index (χ0) is 18.5. The zero-order valence-corrected chi connectivity index (χ0v) is 15.3. The number of nitrogens with zero attached hydrogens (tertiary/aromatic N) is 3. The molecule has 0 saturated heterocycles. The van der Waals surface area contributed by atoms with Crippen LogP contribution in [-0.4, -0.2) is 27.3 Å². The summed E-state index contributed by atoms with van der Waals surface area (Å²) < 4.78 is 7.25. The molecule has 0 aliphatic carbocycles. The number of hydrogen-bond donors (Lipinski definition) is 1. The van der Waals surface area contributed by atoms with Gasteiger partial charge in [0.2, 0.25) is 0 Å². The molecular weight excluding hydrogens is 352 g/mol. The molecule has 1 amide bonds. The Morgan fingerprint density at radius 2 is 2.04 bits per heavy atom. The number of carbonyl (C=O) groups excluding carboxylic acids is 1. The van der Waals surface area contributed by atoms with Gasteiger partial charge in [0, 0.05) is 5.02 Å². The van der Waals surface area contributed by atoms with Crippen molar-refractivity contribution in [2.45, 2.75) is 19.9 Å². The summed E-state index contributed by atoms with van der Waals surface area (Å²) >= 11 is 5.92. The van der Waals surface area contributed by atoms with Crippen molar-refractivity contribution in [2.24, 2.45) is 0 Å². The van der Waals surface area contributed by atoms with Crippen LogP contribution in [0, 0.1) is 6.92 Å². The van der Waals surface area contributed by atoms with Crippen LogP contribution in [0.4, 0.5) is 0 Å². The van der Waals surface area contributed by atoms with E-state index in [2.05, 4.69) is 15.4 Å². The maximum atomic E-state index is 12.1. The van der Waals surface area contributed by atoms with Gasteiger partial charge in [0.25, 0.3) is 5.91 Å². The number of hydrogen-bond acceptors (Lipinski definition) is 4. The second-order valence-electron chi connectivity index (χ2n) is 5.92. The normalized spacial score (nSPS) is 11.8. The smallest absolute Gasteiger partial charge is 0.258 e. The molecule has 3 rings (SSSR count). The topological polar surface area (TPSA) is 69.0 Å². The van der Waals surface area contributed by atoms with Crippen molar-refractivity contribution in [1.29, 1.82) is 0 Å². The number of aromatic nitrogens is 3. The van der Waals surface area contributed by atoms with Gasteiger partial charge in [0.1, 0.15) is 18.4 Å². The third-order valence-electron chi connectivity index (χ3n) is 3.95. The Bertz CT molecular complexity index is 879. The first-order valence-corrected chi connectivity index (χ1v) is 8.54. The summed E-state index contributed by atoms with van der Waals surface area (Å²) in [5.74, 6) is 0.460. The van der Waals surface area contributed by atoms with Gasteiger partial charge in [-0.15, -0.1) is 0 Å². The van der Waals surface area contributed by atoms with Gasteiger partial charge in [-0.3, -0.25) is 4.79 Å². The minimum absolute atomic E-state index is 0.0517. The average Bonchev–Trinajstić information content (AvgIpc) is 3.16. The highest BCUT2D eigenvalue weighted by molar-refractivity contribution is 6.30. The van der Waals surface area contributed by atoms with Crippen LogP contribution in [0.5, 0.6) is 5.75 Å². The van der Waals surface area contributed by atoms with Crippen molar-refractivity contribution >= 4 is 17.5 Å². The molecule has 1 N–H and O–H groups in total. The van der Waals surface area contributed by atoms with E-state index in [9.17, 15) is 4.79 Å². The third kappa shape index (κ3) is 4.40. The summed E-state index contributed by atoms with van der Waals surface area (Å²) in [6.07, 6.45) is 3.12. The molecule has 134 valence electrons. The summed E-state index contributed by atoms with van der Waals surface area (Å²) in [6.45, 7) is 3.76. The Labute approximate surface area is 156 Å². The number of benzene rings is 2. The SMILES string of the molecule is Cc1cc(Cl)ccc1OCC(=O)N[C@H](C)c1ccc(-n2cncn2)cc1. The molecule has 0 aliphatic heterocycles. The number of rotatable bonds is 6. The van der Waals surface area contributed by atoms with Crippen LogP contribution in [0.25, 0.3) is 5.69 Å². The van der Waals surface area contributed by atoms with Gasteiger partial charge in [0.15, 0.2) is 6.61 Å². The quantitative estimate of drug-likeness (QED) is 0.721. The van der Waals surface area contributed by atoms with E-state index >= 15 is 0 Å². The number of carbonyl (C=O) groups is 1. The molecule has 1 aromatic heterocycles. The highest BCUT2D eigenvalue weighted by atomic mass is 35.5. The fraction of sp³-hybridized carbons (Fsp3) is 0.211. The molecule has 6 nitrogen and oxygen atoms in total. The molecule has 0 saturated carbocycles. The Balaban J connectivity index is 1.55. The zero-order valence-electron chi connectivity index (χ0n) is 14.5. The van der Waals surface area contributed by atoms with Crippen LogP contribution in [0.2, 0.25) is 5.02 Å². The third-order valence-corrected chi connectivity index (χ3v) is 4.18. The first-order valence-electron chi connectivity index (χ1n) is 8.16. The molecule has 0 spiro atoms. The Morgan fingerprint density at radius 3 is 2.69 bits per heavy atom. The average molecular weight is 371 g/mol. The predicted molar refractivity (Wildman–Crippen MR) is 99.6 cm³/mol. The molecule has 26 heavy (non-hydrogen) atoms. The van der Waals surface area contributed by atoms with E-state index < -0.39 is 0 Å². The molecule has 0 bridgehead atoms. The van der Waals surface area contributed by atoms with Gasteiger partial charge in [-0.1, -0.05) is 23.7 Å². The predicted octanol–water partition coefficient (Wildman–Crippen LogP) is 3.49. The van der Waals surface area contributed by atoms with Crippen LogP contribution >= 0.6 is 11.6 Å². The van der Waals surface area contributed by atoms with Gasteiger partial charge >= 0.3 is 0 Å². The molecule has 0 unspecified atom stereocenters. The summed E-state index contributed by atoms with van der Waals surface area (Å²) in [5, 5.41) is 7.65. The molecule has 0 radical (unpaired) electrons. The van der Waals surface area contributed by atoms with E-state index in [1.807, 2.05) is 38.1 Å². The number of halogens is 1. The summed E-state index contributed by atoms with van der Waals surface area (Å²) in [6, 6.07) is 12.9. The Morgan fingerprint density at radius 1 is 1.27 bits per heavy atom. The van der Waals surface area contributed by atoms with Crippen LogP contribution in [0.3, 0.4) is 0 Å². The minimum Gasteiger partial charge on any atom is -0.484 e. The first-order chi connectivity index (χ1) is 12.5. The maximum absolute atomic E-state index is 12.1. The van der Waals surface area contributed by atoms with Crippen LogP contribution in [-0.2, 0) is 4.79 Å². The van der Waals surface area contributed by atoms with Crippen molar-refractivity contribution in [3.05, 3.63) is 71.3 Å². The molecule has 3 aromatic rings. The van der Waals surface area contributed by atoms with Crippen molar-refractivity contribution in [2.75, 3.05) is 6.61 Å². The monoisotopic (exact) mass is 370 g/mol. The standard InChI is InChI=1S/C19H19ClN4O2/c1-13-9-16(20)5-8-18(13)26-10-19(25)23-14(2)15-3-6-17(7-4-15)24-12-21-11-22-24/h3-9,11-12,14H,10H2,1-2H3,(H,23,25)/t14-/m1/s1. The number of ether oxygens (including phenoxy) is 1. The first kappa shape index (κ1) is 17.9. The summed E-state index contributed by atoms with van der Waals surface area (Å²) in [5.41, 5.74) is 2.79. The van der Waals surface area contributed by atoms with Gasteiger partial charge in [-0.05, 0) is 55.3 Å². The lowest BCUT2D eigenvalue weighted by atomic mass is 10.1. The lowest BCUT2D eigenvalue weighted by Gasteiger charge is -2.16. The van der Waals surface area contributed by atoms with Gasteiger partial charge < -0.3 is 10.1 Å². The molecule has 0 aliphatic rings. The van der Waals surface area contributed by atoms with Crippen LogP contribution in [0.15, 0.2) is 55.1 Å². The van der Waals surface area contributed by atoms with E-state index in [0.717, 1.165) is 16.8 Å². The van der Waals surface area contributed by atoms with Crippen molar-refractivity contribution < 1.29 is 9.53 Å². The lowest BCUT2D eigenvalue weighted by Crippen LogP contribution is -2.31. The molecule has 7 heteroatoms. The van der Waals surface area contributed by atoms with E-state index in [1.165, 1.54) is 6.33 Å². The fourth-order valence-electron chi connectivity index (χ4n) is 2.54. The van der Waals surface area contributed by atoms with Crippen molar-refractivity contribution in [3.63, 3.8) is 0 Å². The Hall–Kier alpha value is -2.86. The molecule has 0 fully saturated rings. The molecule has 2 aromatic carbocycles. The second-order valence-corrected chi connectivity index (χ2v) is 6.36. The lowest BCUT2D eigenvalue weighted by molar-refractivity contribution is -0.123. The second kappa shape index (κ2) is 8.01. The number of aryl methyl sites for hydroxylation is 1. The van der Waals surface area contributed by atoms with Crippen molar-refractivity contribution in [1.82, 2.24) is 20.1 Å². The highest BCUT2D eigenvalue weighted by Gasteiger charge is 2.11. The molecular formula is C19H19ClN4O2. The van der Waals surface area contributed by atoms with E-state index in [1.54, 1.807) is 29.2 Å². The fourth-order valence-corrected chi connectivity index (χ4v) is 2.77. The van der Waals surface area contributed by atoms with E-state index in [0.29, 0.717) is 10.8 Å². The van der Waals surface area contributed by atoms with Crippen molar-refractivity contribution in [3.8, 4) is 11.4 Å². The number of amides is 1. The number of nitrogens with one attached hydrogen (secondary N) is 1. The Kier molecular flexibility index (Phi) is 5.53. The largest absolute Gasteiger partial charge is 0.484 e. The molecule has 1 atom stereocenters.